The summed E-state index contributed by atoms with van der Waals surface area (Å²) in [7, 11) is 0. The molecule has 3 rings (SSSR count). The van der Waals surface area contributed by atoms with E-state index in [-0.39, 0.29) is 6.09 Å². The van der Waals surface area contributed by atoms with Crippen molar-refractivity contribution in [2.45, 2.75) is 52.1 Å². The van der Waals surface area contributed by atoms with Crippen molar-refractivity contribution < 1.29 is 9.53 Å². The highest BCUT2D eigenvalue weighted by atomic mass is 16.6. The number of ether oxygens (including phenoxy) is 1. The van der Waals surface area contributed by atoms with Gasteiger partial charge in [0.15, 0.2) is 0 Å². The molecule has 1 heterocycles. The Morgan fingerprint density at radius 3 is 2.82 bits per heavy atom. The van der Waals surface area contributed by atoms with Crippen molar-refractivity contribution in [3.8, 4) is 0 Å². The quantitative estimate of drug-likeness (QED) is 0.778. The van der Waals surface area contributed by atoms with Gasteiger partial charge in [0.05, 0.1) is 0 Å². The summed E-state index contributed by atoms with van der Waals surface area (Å²) in [6.07, 6.45) is 6.58. The van der Waals surface area contributed by atoms with E-state index < -0.39 is 5.60 Å². The third-order valence-electron chi connectivity index (χ3n) is 4.29. The summed E-state index contributed by atoms with van der Waals surface area (Å²) in [5.41, 5.74) is 5.14. The van der Waals surface area contributed by atoms with Crippen molar-refractivity contribution in [1.82, 2.24) is 4.90 Å². The van der Waals surface area contributed by atoms with Crippen LogP contribution in [0.15, 0.2) is 24.3 Å². The smallest absolute Gasteiger partial charge is 0.410 e. The van der Waals surface area contributed by atoms with E-state index in [4.69, 9.17) is 4.74 Å². The molecule has 118 valence electrons. The molecule has 22 heavy (non-hydrogen) atoms. The Labute approximate surface area is 133 Å². The Morgan fingerprint density at radius 2 is 2.05 bits per heavy atom. The number of benzene rings is 1. The Hall–Kier alpha value is -1.77. The van der Waals surface area contributed by atoms with Crippen LogP contribution in [-0.2, 0) is 17.6 Å². The highest BCUT2D eigenvalue weighted by Gasteiger charge is 2.26. The van der Waals surface area contributed by atoms with E-state index in [9.17, 15) is 4.79 Å². The molecule has 3 nitrogen and oxygen atoms in total. The van der Waals surface area contributed by atoms with Crippen LogP contribution in [0.3, 0.4) is 0 Å². The van der Waals surface area contributed by atoms with Gasteiger partial charge in [-0.2, -0.15) is 0 Å². The number of fused-ring (bicyclic) bond motifs is 1. The molecular formula is C19H25NO2. The number of amides is 1. The van der Waals surface area contributed by atoms with Gasteiger partial charge in [0.2, 0.25) is 0 Å². The van der Waals surface area contributed by atoms with Gasteiger partial charge in [0.25, 0.3) is 0 Å². The van der Waals surface area contributed by atoms with Gasteiger partial charge < -0.3 is 9.64 Å². The fourth-order valence-electron chi connectivity index (χ4n) is 3.34. The largest absolute Gasteiger partial charge is 0.444 e. The first kappa shape index (κ1) is 15.1. The first-order valence-electron chi connectivity index (χ1n) is 8.22. The molecule has 0 aromatic heterocycles. The second kappa shape index (κ2) is 5.79. The lowest BCUT2D eigenvalue weighted by Gasteiger charge is -2.30. The molecule has 0 bridgehead atoms. The maximum Gasteiger partial charge on any atom is 0.410 e. The molecule has 1 aliphatic carbocycles. The van der Waals surface area contributed by atoms with E-state index >= 15 is 0 Å². The third kappa shape index (κ3) is 3.18. The van der Waals surface area contributed by atoms with Gasteiger partial charge in [-0.25, -0.2) is 4.79 Å². The third-order valence-corrected chi connectivity index (χ3v) is 4.29. The van der Waals surface area contributed by atoms with Crippen molar-refractivity contribution in [3.63, 3.8) is 0 Å². The summed E-state index contributed by atoms with van der Waals surface area (Å²) >= 11 is 0. The minimum Gasteiger partial charge on any atom is -0.444 e. The van der Waals surface area contributed by atoms with Crippen LogP contribution in [0.5, 0.6) is 0 Å². The van der Waals surface area contributed by atoms with Crippen LogP contribution in [0.25, 0.3) is 5.57 Å². The molecule has 0 radical (unpaired) electrons. The molecule has 1 aliphatic heterocycles. The van der Waals surface area contributed by atoms with E-state index in [1.165, 1.54) is 35.1 Å². The molecule has 1 aromatic rings. The number of rotatable bonds is 1. The minimum absolute atomic E-state index is 0.203. The van der Waals surface area contributed by atoms with Crippen molar-refractivity contribution in [3.05, 3.63) is 41.0 Å². The average Bonchev–Trinajstić information content (AvgIpc) is 2.94. The van der Waals surface area contributed by atoms with Crippen LogP contribution >= 0.6 is 0 Å². The van der Waals surface area contributed by atoms with Gasteiger partial charge in [0.1, 0.15) is 5.60 Å². The predicted molar refractivity (Wildman–Crippen MR) is 88.9 cm³/mol. The lowest BCUT2D eigenvalue weighted by atomic mass is 9.94. The molecule has 1 aromatic carbocycles. The van der Waals surface area contributed by atoms with E-state index in [1.807, 2.05) is 25.7 Å². The van der Waals surface area contributed by atoms with Gasteiger partial charge in [-0.3, -0.25) is 0 Å². The minimum atomic E-state index is -0.438. The van der Waals surface area contributed by atoms with Gasteiger partial charge in [-0.15, -0.1) is 0 Å². The number of nitrogens with zero attached hydrogens (tertiary/aromatic N) is 1. The Kier molecular flexibility index (Phi) is 3.98. The fraction of sp³-hybridized carbons (Fsp3) is 0.526. The average molecular weight is 299 g/mol. The first-order valence-corrected chi connectivity index (χ1v) is 8.22. The highest BCUT2D eigenvalue weighted by molar-refractivity contribution is 5.77. The van der Waals surface area contributed by atoms with Crippen LogP contribution in [0, 0.1) is 0 Å². The Balaban J connectivity index is 1.78. The standard InChI is InChI=1S/C19H25NO2/c1-19(2,3)22-18(21)20-12-6-9-15(13-20)17-11-5-8-14-7-4-10-16(14)17/h5,8-9,11H,4,6-7,10,12-13H2,1-3H3. The number of hydrogen-bond acceptors (Lipinski definition) is 2. The second-order valence-corrected chi connectivity index (χ2v) is 7.22. The molecule has 0 N–H and O–H groups in total. The monoisotopic (exact) mass is 299 g/mol. The van der Waals surface area contributed by atoms with Gasteiger partial charge in [-0.1, -0.05) is 24.3 Å². The SMILES string of the molecule is CC(C)(C)OC(=O)N1CCC=C(c2cccc3c2CCC3)C1. The first-order chi connectivity index (χ1) is 10.4. The summed E-state index contributed by atoms with van der Waals surface area (Å²) in [4.78, 5) is 14.1. The van der Waals surface area contributed by atoms with E-state index in [0.717, 1.165) is 19.4 Å². The van der Waals surface area contributed by atoms with Crippen molar-refractivity contribution in [2.75, 3.05) is 13.1 Å². The normalized spacial score (nSPS) is 18.0. The molecule has 3 heteroatoms. The molecule has 0 atom stereocenters. The maximum atomic E-state index is 12.3. The second-order valence-electron chi connectivity index (χ2n) is 7.22. The summed E-state index contributed by atoms with van der Waals surface area (Å²) in [6.45, 7) is 7.14. The summed E-state index contributed by atoms with van der Waals surface area (Å²) < 4.78 is 5.51. The van der Waals surface area contributed by atoms with Crippen molar-refractivity contribution in [2.24, 2.45) is 0 Å². The Bertz CT molecular complexity index is 610. The molecular weight excluding hydrogens is 274 g/mol. The summed E-state index contributed by atoms with van der Waals surface area (Å²) in [5, 5.41) is 0. The summed E-state index contributed by atoms with van der Waals surface area (Å²) in [5.74, 6) is 0. The zero-order chi connectivity index (χ0) is 15.7. The number of carbonyl (C=O) groups is 1. The number of carbonyl (C=O) groups excluding carboxylic acids is 1. The van der Waals surface area contributed by atoms with E-state index in [0.29, 0.717) is 6.54 Å². The van der Waals surface area contributed by atoms with Gasteiger partial charge >= 0.3 is 6.09 Å². The summed E-state index contributed by atoms with van der Waals surface area (Å²) in [6, 6.07) is 6.59. The van der Waals surface area contributed by atoms with Crippen molar-refractivity contribution in [1.29, 1.82) is 0 Å². The molecule has 0 spiro atoms. The topological polar surface area (TPSA) is 29.5 Å². The van der Waals surface area contributed by atoms with Crippen LogP contribution in [-0.4, -0.2) is 29.7 Å². The van der Waals surface area contributed by atoms with Crippen LogP contribution < -0.4 is 0 Å². The predicted octanol–water partition coefficient (Wildman–Crippen LogP) is 4.20. The molecule has 0 fully saturated rings. The molecule has 0 saturated heterocycles. The van der Waals surface area contributed by atoms with Gasteiger partial charge in [0, 0.05) is 13.1 Å². The number of aryl methyl sites for hydroxylation is 1. The fourth-order valence-corrected chi connectivity index (χ4v) is 3.34. The van der Waals surface area contributed by atoms with E-state index in [2.05, 4.69) is 24.3 Å². The number of hydrogen-bond donors (Lipinski definition) is 0. The van der Waals surface area contributed by atoms with Crippen molar-refractivity contribution >= 4 is 11.7 Å². The van der Waals surface area contributed by atoms with Crippen LogP contribution in [0.4, 0.5) is 4.79 Å². The molecule has 0 saturated carbocycles. The van der Waals surface area contributed by atoms with Crippen LogP contribution in [0.2, 0.25) is 0 Å². The van der Waals surface area contributed by atoms with E-state index in [1.54, 1.807) is 0 Å². The maximum absolute atomic E-state index is 12.3. The lowest BCUT2D eigenvalue weighted by Crippen LogP contribution is -2.39. The zero-order valence-electron chi connectivity index (χ0n) is 13.8. The molecule has 2 aliphatic rings. The Morgan fingerprint density at radius 1 is 1.23 bits per heavy atom. The lowest BCUT2D eigenvalue weighted by molar-refractivity contribution is 0.0273. The van der Waals surface area contributed by atoms with Crippen LogP contribution in [0.1, 0.15) is 50.3 Å². The molecule has 1 amide bonds. The van der Waals surface area contributed by atoms with Gasteiger partial charge in [-0.05, 0) is 68.7 Å². The molecule has 0 unspecified atom stereocenters. The zero-order valence-corrected chi connectivity index (χ0v) is 13.8. The highest BCUT2D eigenvalue weighted by Crippen LogP contribution is 2.31.